The molecule has 0 spiro atoms. The molecule has 0 bridgehead atoms. The van der Waals surface area contributed by atoms with Crippen molar-refractivity contribution in [2.24, 2.45) is 5.73 Å². The van der Waals surface area contributed by atoms with Gasteiger partial charge in [-0.15, -0.1) is 0 Å². The van der Waals surface area contributed by atoms with Crippen molar-refractivity contribution < 1.29 is 11.0 Å². The van der Waals surface area contributed by atoms with Crippen molar-refractivity contribution in [3.8, 4) is 0 Å². The largest absolute Gasteiger partial charge is 0.378 e. The average molecular weight is 192 g/mol. The van der Waals surface area contributed by atoms with Crippen molar-refractivity contribution >= 4 is 5.91 Å². The maximum absolute atomic E-state index is 10.7. The molecule has 1 fully saturated rings. The van der Waals surface area contributed by atoms with Gasteiger partial charge in [-0.3, -0.25) is 9.69 Å². The number of morpholine rings is 1. The van der Waals surface area contributed by atoms with Crippen molar-refractivity contribution in [1.29, 1.82) is 0 Å². The number of carbonyl (C=O) groups excluding carboxylic acids is 1. The second-order valence-electron chi connectivity index (χ2n) is 2.47. The predicted octanol–water partition coefficient (Wildman–Crippen LogP) is 0.711. The summed E-state index contributed by atoms with van der Waals surface area (Å²) in [5, 5.41) is 0. The van der Waals surface area contributed by atoms with Crippen LogP contribution in [0.4, 0.5) is 0 Å². The molecule has 1 atom stereocenters. The maximum atomic E-state index is 10.7. The molecule has 0 aromatic carbocycles. The van der Waals surface area contributed by atoms with Crippen LogP contribution in [0.2, 0.25) is 0 Å². The zero-order chi connectivity index (χ0) is 9.56. The lowest BCUT2D eigenvalue weighted by Gasteiger charge is -2.29. The third-order valence-electron chi connectivity index (χ3n) is 1.72. The molecule has 1 amide bonds. The van der Waals surface area contributed by atoms with Crippen LogP contribution in [-0.4, -0.2) is 43.7 Å². The number of rotatable bonds is 1. The molecule has 1 saturated heterocycles. The van der Waals surface area contributed by atoms with E-state index >= 15 is 0 Å². The minimum atomic E-state index is -0.304. The highest BCUT2D eigenvalue weighted by molar-refractivity contribution is 5.80. The summed E-state index contributed by atoms with van der Waals surface area (Å²) in [6.07, 6.45) is 0. The summed E-state index contributed by atoms with van der Waals surface area (Å²) in [6, 6.07) is -0.228. The maximum Gasteiger partial charge on any atom is 0.237 e. The van der Waals surface area contributed by atoms with Crippen LogP contribution in [0, 0.1) is 0 Å². The van der Waals surface area contributed by atoms with E-state index in [1.165, 1.54) is 0 Å². The van der Waals surface area contributed by atoms with Crippen molar-refractivity contribution in [1.82, 2.24) is 4.90 Å². The van der Waals surface area contributed by atoms with Crippen LogP contribution in [0.25, 0.3) is 0 Å². The molecule has 1 heterocycles. The molecule has 2 N–H and O–H groups in total. The molecule has 0 aromatic heterocycles. The fourth-order valence-corrected chi connectivity index (χ4v) is 0.986. The van der Waals surface area contributed by atoms with Gasteiger partial charge < -0.3 is 10.5 Å². The molecule has 0 aromatic rings. The van der Waals surface area contributed by atoms with E-state index in [9.17, 15) is 4.79 Å². The highest BCUT2D eigenvalue weighted by atomic mass is 16.5. The number of hydrogen-bond acceptors (Lipinski definition) is 3. The number of hydrogen-bond donors (Lipinski definition) is 1. The normalized spacial score (nSPS) is 22.2. The van der Waals surface area contributed by atoms with Crippen LogP contribution in [0.3, 0.4) is 0 Å². The van der Waals surface area contributed by atoms with Gasteiger partial charge in [-0.25, -0.2) is 0 Å². The Bertz CT molecular complexity index is 145. The summed E-state index contributed by atoms with van der Waals surface area (Å²) in [6.45, 7) is 5.92. The van der Waals surface area contributed by atoms with Gasteiger partial charge >= 0.3 is 0 Å². The summed E-state index contributed by atoms with van der Waals surface area (Å²) >= 11 is 0. The molecule has 1 rings (SSSR count). The Hall–Kier alpha value is -0.610. The quantitative estimate of drug-likeness (QED) is 0.665. The fourth-order valence-electron chi connectivity index (χ4n) is 0.986. The highest BCUT2D eigenvalue weighted by Gasteiger charge is 2.23. The Morgan fingerprint density at radius 3 is 2.46 bits per heavy atom. The van der Waals surface area contributed by atoms with Gasteiger partial charge in [0.15, 0.2) is 0 Å². The van der Waals surface area contributed by atoms with Gasteiger partial charge in [0.1, 0.15) is 6.04 Å². The number of amides is 1. The summed E-state index contributed by atoms with van der Waals surface area (Å²) in [4.78, 5) is 12.6. The Labute approximate surface area is 82.5 Å². The first-order valence-corrected chi connectivity index (χ1v) is 4.29. The second kappa shape index (κ2) is 8.01. The van der Waals surface area contributed by atoms with Crippen LogP contribution in [-0.2, 0) is 9.53 Å². The van der Waals surface area contributed by atoms with Crippen LogP contribution in [0.5, 0.6) is 0 Å². The monoisotopic (exact) mass is 192 g/mol. The van der Waals surface area contributed by atoms with E-state index in [0.29, 0.717) is 13.2 Å². The van der Waals surface area contributed by atoms with Gasteiger partial charge in [0.2, 0.25) is 5.91 Å². The van der Waals surface area contributed by atoms with Gasteiger partial charge in [-0.1, -0.05) is 21.3 Å². The van der Waals surface area contributed by atoms with Gasteiger partial charge in [-0.05, 0) is 7.05 Å². The minimum Gasteiger partial charge on any atom is -0.378 e. The van der Waals surface area contributed by atoms with Gasteiger partial charge in [0.25, 0.3) is 0 Å². The van der Waals surface area contributed by atoms with E-state index in [2.05, 4.69) is 0 Å². The number of nitrogens with two attached hydrogens (primary N) is 1. The molecule has 1 unspecified atom stereocenters. The predicted molar refractivity (Wildman–Crippen MR) is 56.6 cm³/mol. The molecule has 1 aliphatic rings. The zero-order valence-corrected chi connectivity index (χ0v) is 8.04. The first kappa shape index (κ1) is 14.9. The summed E-state index contributed by atoms with van der Waals surface area (Å²) < 4.78 is 5.07. The molecule has 0 radical (unpaired) electrons. The second-order valence-corrected chi connectivity index (χ2v) is 2.47. The van der Waals surface area contributed by atoms with Crippen molar-refractivity contribution in [3.63, 3.8) is 0 Å². The van der Waals surface area contributed by atoms with E-state index in [1.807, 2.05) is 25.8 Å². The lowest BCUT2D eigenvalue weighted by molar-refractivity contribution is -0.128. The summed E-state index contributed by atoms with van der Waals surface area (Å²) in [5.74, 6) is -0.304. The van der Waals surface area contributed by atoms with Crippen LogP contribution in [0.15, 0.2) is 0 Å². The van der Waals surface area contributed by atoms with E-state index < -0.39 is 0 Å². The number of primary amides is 1. The molecule has 4 heteroatoms. The summed E-state index contributed by atoms with van der Waals surface area (Å²) in [5.41, 5.74) is 5.10. The topological polar surface area (TPSA) is 55.6 Å². The smallest absolute Gasteiger partial charge is 0.237 e. The zero-order valence-electron chi connectivity index (χ0n) is 8.04. The van der Waals surface area contributed by atoms with Gasteiger partial charge in [0.05, 0.1) is 13.2 Å². The first-order chi connectivity index (χ1) is 5.72. The van der Waals surface area contributed by atoms with Gasteiger partial charge in [-0.2, -0.15) is 0 Å². The Morgan fingerprint density at radius 2 is 2.15 bits per heavy atom. The molecule has 13 heavy (non-hydrogen) atoms. The number of nitrogens with zero attached hydrogens (tertiary/aromatic N) is 1. The molecule has 1 aliphatic heterocycles. The average Bonchev–Trinajstić information content (AvgIpc) is 2.08. The molecule has 0 saturated carbocycles. The van der Waals surface area contributed by atoms with Crippen molar-refractivity contribution in [2.75, 3.05) is 26.8 Å². The van der Waals surface area contributed by atoms with Crippen molar-refractivity contribution in [2.45, 2.75) is 27.3 Å². The number of likely N-dealkylation sites (N-methyl/N-ethyl adjacent to an activating group) is 1. The van der Waals surface area contributed by atoms with E-state index in [1.54, 1.807) is 0 Å². The van der Waals surface area contributed by atoms with E-state index in [0.717, 1.165) is 6.54 Å². The SMILES string of the molecule is C.CC.CN1CCOCC1C(N)=O.[HH]. The highest BCUT2D eigenvalue weighted by Crippen LogP contribution is 2.01. The third-order valence-corrected chi connectivity index (χ3v) is 1.72. The fraction of sp³-hybridized carbons (Fsp3) is 0.889. The Balaban J connectivity index is -0.000000284. The molecular weight excluding hydrogens is 168 g/mol. The lowest BCUT2D eigenvalue weighted by atomic mass is 10.2. The van der Waals surface area contributed by atoms with E-state index in [4.69, 9.17) is 10.5 Å². The van der Waals surface area contributed by atoms with E-state index in [-0.39, 0.29) is 20.8 Å². The number of ether oxygens (including phenoxy) is 1. The van der Waals surface area contributed by atoms with Crippen molar-refractivity contribution in [3.05, 3.63) is 0 Å². The standard InChI is InChI=1S/C6H12N2O2.C2H6.CH4.H2/c1-8-2-3-10-4-5(8)6(7)9;1-2;;/h5H,2-4H2,1H3,(H2,7,9);1-2H3;1H4;1H. The first-order valence-electron chi connectivity index (χ1n) is 4.29. The minimum absolute atomic E-state index is 0. The summed E-state index contributed by atoms with van der Waals surface area (Å²) in [7, 11) is 1.87. The lowest BCUT2D eigenvalue weighted by Crippen LogP contribution is -2.50. The molecule has 82 valence electrons. The molecule has 4 nitrogen and oxygen atoms in total. The number of carbonyl (C=O) groups is 1. The van der Waals surface area contributed by atoms with Crippen LogP contribution >= 0.6 is 0 Å². The Kier molecular flexibility index (Phi) is 9.17. The van der Waals surface area contributed by atoms with Gasteiger partial charge in [0, 0.05) is 7.97 Å². The Morgan fingerprint density at radius 1 is 1.62 bits per heavy atom. The third kappa shape index (κ3) is 4.85. The molecule has 0 aliphatic carbocycles. The van der Waals surface area contributed by atoms with Crippen LogP contribution in [0.1, 0.15) is 22.7 Å². The van der Waals surface area contributed by atoms with Crippen LogP contribution < -0.4 is 5.73 Å². The molecular formula is C9H24N2O2.